The van der Waals surface area contributed by atoms with Crippen LogP contribution in [0.15, 0.2) is 6.20 Å². The summed E-state index contributed by atoms with van der Waals surface area (Å²) < 4.78 is 11.9. The molecule has 1 aromatic heterocycles. The van der Waals surface area contributed by atoms with E-state index in [2.05, 4.69) is 10.4 Å². The normalized spacial score (nSPS) is 20.8. The highest BCUT2D eigenvalue weighted by Crippen LogP contribution is 2.22. The highest BCUT2D eigenvalue weighted by Gasteiger charge is 2.25. The zero-order valence-electron chi connectivity index (χ0n) is 9.40. The van der Waals surface area contributed by atoms with Gasteiger partial charge in [-0.05, 0) is 0 Å². The first-order chi connectivity index (χ1) is 7.72. The van der Waals surface area contributed by atoms with Crippen LogP contribution in [0.4, 0.5) is 0 Å². The summed E-state index contributed by atoms with van der Waals surface area (Å²) in [5, 5.41) is 7.30. The SMILES string of the molecule is COC(=O)c1nn(C)cc1C1CNCCO1. The van der Waals surface area contributed by atoms with E-state index < -0.39 is 5.97 Å². The monoisotopic (exact) mass is 225 g/mol. The van der Waals surface area contributed by atoms with Crippen molar-refractivity contribution in [3.8, 4) is 0 Å². The lowest BCUT2D eigenvalue weighted by Gasteiger charge is -2.23. The molecule has 16 heavy (non-hydrogen) atoms. The molecular formula is C10H15N3O3. The van der Waals surface area contributed by atoms with Crippen LogP contribution in [0.3, 0.4) is 0 Å². The summed E-state index contributed by atoms with van der Waals surface area (Å²) in [5.74, 6) is -0.426. The van der Waals surface area contributed by atoms with Gasteiger partial charge in [-0.1, -0.05) is 0 Å². The minimum absolute atomic E-state index is 0.128. The number of hydrogen-bond acceptors (Lipinski definition) is 5. The van der Waals surface area contributed by atoms with Crippen LogP contribution >= 0.6 is 0 Å². The summed E-state index contributed by atoms with van der Waals surface area (Å²) in [6.45, 7) is 2.17. The maximum Gasteiger partial charge on any atom is 0.358 e. The summed E-state index contributed by atoms with van der Waals surface area (Å²) in [7, 11) is 3.12. The van der Waals surface area contributed by atoms with Crippen LogP contribution in [0, 0.1) is 0 Å². The predicted molar refractivity (Wildman–Crippen MR) is 56.1 cm³/mol. The first-order valence-corrected chi connectivity index (χ1v) is 5.16. The van der Waals surface area contributed by atoms with Gasteiger partial charge in [-0.15, -0.1) is 0 Å². The third-order valence-electron chi connectivity index (χ3n) is 2.51. The second kappa shape index (κ2) is 4.63. The molecule has 1 saturated heterocycles. The van der Waals surface area contributed by atoms with E-state index in [0.717, 1.165) is 12.1 Å². The van der Waals surface area contributed by atoms with Gasteiger partial charge in [-0.25, -0.2) is 4.79 Å². The van der Waals surface area contributed by atoms with Gasteiger partial charge in [0.2, 0.25) is 0 Å². The number of hydrogen-bond donors (Lipinski definition) is 1. The predicted octanol–water partition coefficient (Wildman–Crippen LogP) is -0.132. The van der Waals surface area contributed by atoms with Gasteiger partial charge in [-0.3, -0.25) is 4.68 Å². The number of ether oxygens (including phenoxy) is 2. The Kier molecular flexibility index (Phi) is 3.21. The van der Waals surface area contributed by atoms with Crippen molar-refractivity contribution in [3.05, 3.63) is 17.5 Å². The number of aromatic nitrogens is 2. The fraction of sp³-hybridized carbons (Fsp3) is 0.600. The molecule has 0 amide bonds. The number of methoxy groups -OCH3 is 1. The minimum Gasteiger partial charge on any atom is -0.464 e. The molecular weight excluding hydrogens is 210 g/mol. The van der Waals surface area contributed by atoms with Crippen LogP contribution in [0.25, 0.3) is 0 Å². The Balaban J connectivity index is 2.27. The molecule has 0 radical (unpaired) electrons. The Morgan fingerprint density at radius 3 is 3.19 bits per heavy atom. The van der Waals surface area contributed by atoms with Crippen molar-refractivity contribution in [1.82, 2.24) is 15.1 Å². The number of rotatable bonds is 2. The second-order valence-corrected chi connectivity index (χ2v) is 3.66. The number of esters is 1. The molecule has 2 heterocycles. The fourth-order valence-corrected chi connectivity index (χ4v) is 1.76. The standard InChI is InChI=1S/C10H15N3O3/c1-13-6-7(8-5-11-3-4-16-8)9(12-13)10(14)15-2/h6,8,11H,3-5H2,1-2H3. The van der Waals surface area contributed by atoms with Crippen molar-refractivity contribution < 1.29 is 14.3 Å². The van der Waals surface area contributed by atoms with Crippen molar-refractivity contribution in [2.75, 3.05) is 26.8 Å². The van der Waals surface area contributed by atoms with E-state index in [1.807, 2.05) is 0 Å². The molecule has 0 aromatic carbocycles. The maximum absolute atomic E-state index is 11.5. The van der Waals surface area contributed by atoms with Gasteiger partial charge in [-0.2, -0.15) is 5.10 Å². The molecule has 6 heteroatoms. The molecule has 1 aliphatic rings. The highest BCUT2D eigenvalue weighted by atomic mass is 16.5. The third-order valence-corrected chi connectivity index (χ3v) is 2.51. The van der Waals surface area contributed by atoms with Crippen LogP contribution in [0.1, 0.15) is 22.2 Å². The molecule has 1 unspecified atom stereocenters. The van der Waals surface area contributed by atoms with E-state index in [-0.39, 0.29) is 6.10 Å². The molecule has 6 nitrogen and oxygen atoms in total. The van der Waals surface area contributed by atoms with Crippen LogP contribution in [0.2, 0.25) is 0 Å². The van der Waals surface area contributed by atoms with Gasteiger partial charge in [0.1, 0.15) is 0 Å². The van der Waals surface area contributed by atoms with Crippen molar-refractivity contribution >= 4 is 5.97 Å². The smallest absolute Gasteiger partial charge is 0.358 e. The van der Waals surface area contributed by atoms with Crippen LogP contribution < -0.4 is 5.32 Å². The summed E-state index contributed by atoms with van der Waals surface area (Å²) in [5.41, 5.74) is 1.11. The van der Waals surface area contributed by atoms with Gasteiger partial charge in [0.25, 0.3) is 0 Å². The summed E-state index contributed by atoms with van der Waals surface area (Å²) >= 11 is 0. The molecule has 0 saturated carbocycles. The Hall–Kier alpha value is -1.40. The van der Waals surface area contributed by atoms with Crippen LogP contribution in [0.5, 0.6) is 0 Å². The van der Waals surface area contributed by atoms with E-state index in [1.165, 1.54) is 7.11 Å². The van der Waals surface area contributed by atoms with Gasteiger partial charge >= 0.3 is 5.97 Å². The lowest BCUT2D eigenvalue weighted by Crippen LogP contribution is -2.33. The van der Waals surface area contributed by atoms with Crippen molar-refractivity contribution in [3.63, 3.8) is 0 Å². The number of aryl methyl sites for hydroxylation is 1. The molecule has 0 bridgehead atoms. The number of carbonyl (C=O) groups is 1. The van der Waals surface area contributed by atoms with Gasteiger partial charge in [0, 0.05) is 31.9 Å². The van der Waals surface area contributed by atoms with E-state index in [9.17, 15) is 4.79 Å². The van der Waals surface area contributed by atoms with Crippen molar-refractivity contribution in [1.29, 1.82) is 0 Å². The average Bonchev–Trinajstić information content (AvgIpc) is 2.71. The van der Waals surface area contributed by atoms with E-state index >= 15 is 0 Å². The Bertz CT molecular complexity index is 383. The Morgan fingerprint density at radius 1 is 1.75 bits per heavy atom. The summed E-state index contributed by atoms with van der Waals surface area (Å²) in [6, 6.07) is 0. The molecule has 1 atom stereocenters. The maximum atomic E-state index is 11.5. The lowest BCUT2D eigenvalue weighted by atomic mass is 10.1. The summed E-state index contributed by atoms with van der Waals surface area (Å²) in [4.78, 5) is 11.5. The number of carbonyl (C=O) groups excluding carboxylic acids is 1. The molecule has 88 valence electrons. The Morgan fingerprint density at radius 2 is 2.56 bits per heavy atom. The molecule has 1 aromatic rings. The third kappa shape index (κ3) is 2.07. The number of nitrogens with one attached hydrogen (secondary N) is 1. The summed E-state index contributed by atoms with van der Waals surface area (Å²) in [6.07, 6.45) is 1.67. The molecule has 0 spiro atoms. The molecule has 0 aliphatic carbocycles. The first-order valence-electron chi connectivity index (χ1n) is 5.16. The zero-order chi connectivity index (χ0) is 11.5. The van der Waals surface area contributed by atoms with Gasteiger partial charge in [0.15, 0.2) is 5.69 Å². The van der Waals surface area contributed by atoms with E-state index in [4.69, 9.17) is 9.47 Å². The van der Waals surface area contributed by atoms with Gasteiger partial charge < -0.3 is 14.8 Å². The number of morpholine rings is 1. The number of nitrogens with zero attached hydrogens (tertiary/aromatic N) is 2. The highest BCUT2D eigenvalue weighted by molar-refractivity contribution is 5.88. The van der Waals surface area contributed by atoms with Gasteiger partial charge in [0.05, 0.1) is 19.8 Å². The quantitative estimate of drug-likeness (QED) is 0.710. The van der Waals surface area contributed by atoms with Crippen LogP contribution in [-0.4, -0.2) is 42.6 Å². The van der Waals surface area contributed by atoms with Crippen LogP contribution in [-0.2, 0) is 16.5 Å². The topological polar surface area (TPSA) is 65.4 Å². The fourth-order valence-electron chi connectivity index (χ4n) is 1.76. The first kappa shape index (κ1) is 11.1. The zero-order valence-corrected chi connectivity index (χ0v) is 9.40. The minimum atomic E-state index is -0.426. The average molecular weight is 225 g/mol. The van der Waals surface area contributed by atoms with E-state index in [0.29, 0.717) is 18.8 Å². The Labute approximate surface area is 93.5 Å². The van der Waals surface area contributed by atoms with Crippen molar-refractivity contribution in [2.45, 2.75) is 6.10 Å². The largest absolute Gasteiger partial charge is 0.464 e. The molecule has 1 fully saturated rings. The second-order valence-electron chi connectivity index (χ2n) is 3.66. The lowest BCUT2D eigenvalue weighted by molar-refractivity contribution is 0.0259. The molecule has 2 rings (SSSR count). The molecule has 1 aliphatic heterocycles. The van der Waals surface area contributed by atoms with Crippen molar-refractivity contribution in [2.24, 2.45) is 7.05 Å². The van der Waals surface area contributed by atoms with E-state index in [1.54, 1.807) is 17.9 Å². The molecule has 1 N–H and O–H groups in total.